The second-order valence-corrected chi connectivity index (χ2v) is 7.73. The molecule has 1 aromatic heterocycles. The summed E-state index contributed by atoms with van der Waals surface area (Å²) in [4.78, 5) is 33.1. The number of rotatable bonds is 7. The molecular formula is C24H27N3O4. The molecule has 1 N–H and O–H groups in total. The summed E-state index contributed by atoms with van der Waals surface area (Å²) in [7, 11) is 0. The second kappa shape index (κ2) is 8.79. The van der Waals surface area contributed by atoms with Gasteiger partial charge in [-0.3, -0.25) is 14.5 Å². The van der Waals surface area contributed by atoms with Gasteiger partial charge in [-0.05, 0) is 43.2 Å². The highest BCUT2D eigenvalue weighted by molar-refractivity contribution is 6.08. The number of hydrogen-bond acceptors (Lipinski definition) is 5. The number of amides is 1. The summed E-state index contributed by atoms with van der Waals surface area (Å²) in [6.07, 6.45) is 2.83. The van der Waals surface area contributed by atoms with E-state index >= 15 is 0 Å². The maximum Gasteiger partial charge on any atom is 0.321 e. The highest BCUT2D eigenvalue weighted by Gasteiger charge is 2.47. The average molecular weight is 421 g/mol. The molecule has 7 heteroatoms. The minimum Gasteiger partial charge on any atom is -0.508 e. The Hall–Kier alpha value is -3.35. The molecule has 2 atom stereocenters. The number of anilines is 1. The minimum atomic E-state index is -1.03. The van der Waals surface area contributed by atoms with Gasteiger partial charge in [-0.15, -0.1) is 0 Å². The number of phenolic OH excluding ortho intramolecular Hbond substituents is 1. The first-order valence-corrected chi connectivity index (χ1v) is 10.8. The molecule has 2 heterocycles. The lowest BCUT2D eigenvalue weighted by atomic mass is 9.89. The molecule has 7 nitrogen and oxygen atoms in total. The number of benzene rings is 2. The number of fused-ring (bicyclic) bond motifs is 3. The molecule has 1 amide bonds. The summed E-state index contributed by atoms with van der Waals surface area (Å²) in [6.45, 7) is 4.53. The maximum atomic E-state index is 13.6. The van der Waals surface area contributed by atoms with Gasteiger partial charge in [0.25, 0.3) is 0 Å². The fourth-order valence-corrected chi connectivity index (χ4v) is 4.25. The molecule has 162 valence electrons. The van der Waals surface area contributed by atoms with Crippen molar-refractivity contribution in [2.45, 2.75) is 39.2 Å². The van der Waals surface area contributed by atoms with Crippen LogP contribution in [0.1, 0.15) is 44.7 Å². The molecule has 3 aromatic rings. The number of carbonyl (C=O) groups excluding carboxylic acids is 2. The van der Waals surface area contributed by atoms with Crippen molar-refractivity contribution in [3.05, 3.63) is 54.1 Å². The topological polar surface area (TPSA) is 84.7 Å². The van der Waals surface area contributed by atoms with Crippen LogP contribution in [0.3, 0.4) is 0 Å². The predicted molar refractivity (Wildman–Crippen MR) is 118 cm³/mol. The van der Waals surface area contributed by atoms with Crippen molar-refractivity contribution in [1.29, 1.82) is 0 Å². The summed E-state index contributed by atoms with van der Waals surface area (Å²) in [6, 6.07) is 13.7. The molecule has 1 aliphatic rings. The summed E-state index contributed by atoms with van der Waals surface area (Å²) in [5.41, 5.74) is 2.35. The van der Waals surface area contributed by atoms with Gasteiger partial charge in [0, 0.05) is 6.54 Å². The number of phenols is 1. The van der Waals surface area contributed by atoms with Crippen LogP contribution in [0, 0.1) is 5.92 Å². The lowest BCUT2D eigenvalue weighted by Gasteiger charge is -2.38. The van der Waals surface area contributed by atoms with E-state index in [9.17, 15) is 14.7 Å². The van der Waals surface area contributed by atoms with E-state index in [1.165, 1.54) is 0 Å². The van der Waals surface area contributed by atoms with Crippen LogP contribution in [0.15, 0.2) is 48.5 Å². The van der Waals surface area contributed by atoms with Crippen molar-refractivity contribution in [1.82, 2.24) is 9.55 Å². The number of aromatic nitrogens is 2. The monoisotopic (exact) mass is 421 g/mol. The van der Waals surface area contributed by atoms with Crippen LogP contribution in [-0.4, -0.2) is 39.7 Å². The van der Waals surface area contributed by atoms with Gasteiger partial charge in [0.2, 0.25) is 11.9 Å². The van der Waals surface area contributed by atoms with Gasteiger partial charge in [-0.25, -0.2) is 4.98 Å². The van der Waals surface area contributed by atoms with Gasteiger partial charge in [-0.2, -0.15) is 0 Å². The van der Waals surface area contributed by atoms with Gasteiger partial charge in [0.1, 0.15) is 5.75 Å². The summed E-state index contributed by atoms with van der Waals surface area (Å²) in [5, 5.41) is 9.77. The Kier molecular flexibility index (Phi) is 5.93. The van der Waals surface area contributed by atoms with Gasteiger partial charge in [0.05, 0.1) is 23.7 Å². The van der Waals surface area contributed by atoms with Gasteiger partial charge >= 0.3 is 5.97 Å². The molecule has 2 aromatic carbocycles. The number of unbranched alkanes of at least 4 members (excludes halogenated alkanes) is 2. The van der Waals surface area contributed by atoms with E-state index in [0.717, 1.165) is 35.9 Å². The second-order valence-electron chi connectivity index (χ2n) is 7.73. The zero-order chi connectivity index (χ0) is 22.0. The first kappa shape index (κ1) is 20.9. The molecule has 1 aliphatic heterocycles. The van der Waals surface area contributed by atoms with Crippen LogP contribution in [0.2, 0.25) is 0 Å². The fraction of sp³-hybridized carbons (Fsp3) is 0.375. The SMILES string of the molecule is CCCCCN1C(=O)[C@H](C(=O)OCC)[C@H](c2ccc(O)cc2)n2c1nc1ccccc12. The standard InChI is InChI=1S/C24H27N3O4/c1-3-5-8-15-26-22(29)20(23(30)31-4-2)21(16-11-13-17(28)14-12-16)27-19-10-7-6-9-18(19)25-24(26)27/h6-7,9-14,20-21,28H,3-5,8,15H2,1-2H3/t20-,21+/m1/s1. The molecule has 0 saturated heterocycles. The number of ether oxygens (including phenoxy) is 1. The Labute approximate surface area is 181 Å². The molecule has 0 radical (unpaired) electrons. The Morgan fingerprint density at radius 2 is 1.84 bits per heavy atom. The summed E-state index contributed by atoms with van der Waals surface area (Å²) < 4.78 is 7.30. The van der Waals surface area contributed by atoms with E-state index in [0.29, 0.717) is 12.5 Å². The number of carbonyl (C=O) groups is 2. The normalized spacial score (nSPS) is 18.3. The lowest BCUT2D eigenvalue weighted by molar-refractivity contribution is -0.153. The van der Waals surface area contributed by atoms with Crippen LogP contribution < -0.4 is 4.90 Å². The van der Waals surface area contributed by atoms with Crippen LogP contribution in [0.4, 0.5) is 5.95 Å². The highest BCUT2D eigenvalue weighted by Crippen LogP contribution is 2.41. The fourth-order valence-electron chi connectivity index (χ4n) is 4.25. The molecule has 0 spiro atoms. The zero-order valence-corrected chi connectivity index (χ0v) is 17.8. The van der Waals surface area contributed by atoms with Crippen molar-refractivity contribution in [3.8, 4) is 5.75 Å². The highest BCUT2D eigenvalue weighted by atomic mass is 16.5. The van der Waals surface area contributed by atoms with Gasteiger partial charge in [0.15, 0.2) is 5.92 Å². The number of aromatic hydroxyl groups is 1. The number of para-hydroxylation sites is 2. The van der Waals surface area contributed by atoms with Crippen LogP contribution in [-0.2, 0) is 14.3 Å². The van der Waals surface area contributed by atoms with Crippen LogP contribution in [0.25, 0.3) is 11.0 Å². The number of esters is 1. The maximum absolute atomic E-state index is 13.6. The minimum absolute atomic E-state index is 0.121. The van der Waals surface area contributed by atoms with E-state index in [2.05, 4.69) is 6.92 Å². The smallest absolute Gasteiger partial charge is 0.321 e. The summed E-state index contributed by atoms with van der Waals surface area (Å²) >= 11 is 0. The molecule has 4 rings (SSSR count). The first-order chi connectivity index (χ1) is 15.1. The predicted octanol–water partition coefficient (Wildman–Crippen LogP) is 4.05. The average Bonchev–Trinajstić information content (AvgIpc) is 3.15. The molecular weight excluding hydrogens is 394 g/mol. The number of nitrogens with zero attached hydrogens (tertiary/aromatic N) is 3. The third-order valence-corrected chi connectivity index (χ3v) is 5.71. The first-order valence-electron chi connectivity index (χ1n) is 10.8. The van der Waals surface area contributed by atoms with Crippen molar-refractivity contribution in [2.24, 2.45) is 5.92 Å². The lowest BCUT2D eigenvalue weighted by Crippen LogP contribution is -2.50. The Bertz CT molecular complexity index is 1090. The zero-order valence-electron chi connectivity index (χ0n) is 17.8. The van der Waals surface area contributed by atoms with E-state index in [-0.39, 0.29) is 18.3 Å². The van der Waals surface area contributed by atoms with Crippen molar-refractivity contribution < 1.29 is 19.4 Å². The molecule has 0 unspecified atom stereocenters. The molecule has 31 heavy (non-hydrogen) atoms. The number of imidazole rings is 1. The third-order valence-electron chi connectivity index (χ3n) is 5.71. The number of hydrogen-bond donors (Lipinski definition) is 1. The van der Waals surface area contributed by atoms with E-state index in [1.54, 1.807) is 36.1 Å². The van der Waals surface area contributed by atoms with Crippen molar-refractivity contribution in [3.63, 3.8) is 0 Å². The Morgan fingerprint density at radius 1 is 1.10 bits per heavy atom. The van der Waals surface area contributed by atoms with Gasteiger partial charge < -0.3 is 14.4 Å². The van der Waals surface area contributed by atoms with Gasteiger partial charge in [-0.1, -0.05) is 44.0 Å². The van der Waals surface area contributed by atoms with Crippen molar-refractivity contribution >= 4 is 28.9 Å². The summed E-state index contributed by atoms with van der Waals surface area (Å²) in [5.74, 6) is -1.21. The molecule has 0 aliphatic carbocycles. The Balaban J connectivity index is 1.93. The third kappa shape index (κ3) is 3.76. The van der Waals surface area contributed by atoms with Crippen molar-refractivity contribution in [2.75, 3.05) is 18.1 Å². The van der Waals surface area contributed by atoms with E-state index < -0.39 is 17.9 Å². The van der Waals surface area contributed by atoms with E-state index in [1.807, 2.05) is 28.8 Å². The molecule has 0 fully saturated rings. The largest absolute Gasteiger partial charge is 0.508 e. The Morgan fingerprint density at radius 3 is 2.55 bits per heavy atom. The molecule has 0 bridgehead atoms. The molecule has 0 saturated carbocycles. The quantitative estimate of drug-likeness (QED) is 0.353. The van der Waals surface area contributed by atoms with E-state index in [4.69, 9.17) is 9.72 Å². The van der Waals surface area contributed by atoms with Crippen LogP contribution in [0.5, 0.6) is 5.75 Å². The van der Waals surface area contributed by atoms with Crippen LogP contribution >= 0.6 is 0 Å².